The van der Waals surface area contributed by atoms with Crippen LogP contribution in [0.2, 0.25) is 0 Å². The van der Waals surface area contributed by atoms with Crippen LogP contribution in [-0.2, 0) is 0 Å². The van der Waals surface area contributed by atoms with Crippen molar-refractivity contribution in [1.29, 1.82) is 0 Å². The molecule has 2 aliphatic carbocycles. The second kappa shape index (κ2) is 3.27. The lowest BCUT2D eigenvalue weighted by Crippen LogP contribution is -2.26. The van der Waals surface area contributed by atoms with Gasteiger partial charge in [-0.1, -0.05) is 6.42 Å². The lowest BCUT2D eigenvalue weighted by Gasteiger charge is -2.24. The molecular weight excluding hydrogens is 158 g/mol. The Bertz CT molecular complexity index is 184. The standard InChI is InChI=1S/C12H21N/c1-2-12(13-5-1)8-11-7-9-3-4-10(11)6-9/h9-13H,1-8H2/t9-,10-,11+,12-/m1/s1. The van der Waals surface area contributed by atoms with E-state index in [1.165, 1.54) is 25.8 Å². The molecule has 0 aromatic carbocycles. The molecule has 0 aromatic heterocycles. The second-order valence-corrected chi connectivity index (χ2v) is 5.46. The van der Waals surface area contributed by atoms with E-state index >= 15 is 0 Å². The summed E-state index contributed by atoms with van der Waals surface area (Å²) in [5, 5.41) is 3.64. The van der Waals surface area contributed by atoms with E-state index in [0.29, 0.717) is 0 Å². The van der Waals surface area contributed by atoms with E-state index in [4.69, 9.17) is 0 Å². The van der Waals surface area contributed by atoms with E-state index < -0.39 is 0 Å². The Kier molecular flexibility index (Phi) is 2.08. The molecule has 1 heterocycles. The monoisotopic (exact) mass is 179 g/mol. The molecule has 0 radical (unpaired) electrons. The Morgan fingerprint density at radius 1 is 1.08 bits per heavy atom. The van der Waals surface area contributed by atoms with E-state index in [1.54, 1.807) is 25.7 Å². The maximum Gasteiger partial charge on any atom is 0.00702 e. The van der Waals surface area contributed by atoms with Gasteiger partial charge in [0, 0.05) is 6.04 Å². The quantitative estimate of drug-likeness (QED) is 0.687. The van der Waals surface area contributed by atoms with Crippen LogP contribution in [0.3, 0.4) is 0 Å². The molecule has 1 nitrogen and oxygen atoms in total. The van der Waals surface area contributed by atoms with Crippen molar-refractivity contribution in [3.63, 3.8) is 0 Å². The van der Waals surface area contributed by atoms with Gasteiger partial charge in [-0.3, -0.25) is 0 Å². The minimum absolute atomic E-state index is 0.893. The highest BCUT2D eigenvalue weighted by Gasteiger charge is 2.40. The van der Waals surface area contributed by atoms with Gasteiger partial charge in [-0.05, 0) is 62.8 Å². The maximum absolute atomic E-state index is 3.64. The Hall–Kier alpha value is -0.0400. The van der Waals surface area contributed by atoms with Gasteiger partial charge in [-0.25, -0.2) is 0 Å². The minimum Gasteiger partial charge on any atom is -0.314 e. The van der Waals surface area contributed by atoms with E-state index in [-0.39, 0.29) is 0 Å². The van der Waals surface area contributed by atoms with Gasteiger partial charge >= 0.3 is 0 Å². The second-order valence-electron chi connectivity index (χ2n) is 5.46. The van der Waals surface area contributed by atoms with Gasteiger partial charge in [0.05, 0.1) is 0 Å². The average molecular weight is 179 g/mol. The molecule has 1 saturated heterocycles. The molecule has 0 spiro atoms. The molecule has 0 amide bonds. The molecule has 2 saturated carbocycles. The van der Waals surface area contributed by atoms with Gasteiger partial charge in [-0.15, -0.1) is 0 Å². The van der Waals surface area contributed by atoms with Crippen molar-refractivity contribution >= 4 is 0 Å². The maximum atomic E-state index is 3.64. The fourth-order valence-corrected chi connectivity index (χ4v) is 3.99. The van der Waals surface area contributed by atoms with Gasteiger partial charge in [0.2, 0.25) is 0 Å². The van der Waals surface area contributed by atoms with Crippen molar-refractivity contribution in [1.82, 2.24) is 5.32 Å². The molecule has 1 heteroatoms. The minimum atomic E-state index is 0.893. The average Bonchev–Trinajstić information content (AvgIpc) is 2.77. The molecule has 3 rings (SSSR count). The summed E-state index contributed by atoms with van der Waals surface area (Å²) in [4.78, 5) is 0. The number of fused-ring (bicyclic) bond motifs is 2. The van der Waals surface area contributed by atoms with Crippen LogP contribution < -0.4 is 5.32 Å². The molecule has 0 aromatic rings. The predicted octanol–water partition coefficient (Wildman–Crippen LogP) is 2.56. The van der Waals surface area contributed by atoms with Crippen LogP contribution in [0, 0.1) is 17.8 Å². The zero-order valence-electron chi connectivity index (χ0n) is 8.47. The molecule has 74 valence electrons. The normalized spacial score (nSPS) is 48.9. The highest BCUT2D eigenvalue weighted by molar-refractivity contribution is 4.92. The summed E-state index contributed by atoms with van der Waals surface area (Å²) in [7, 11) is 0. The fraction of sp³-hybridized carbons (Fsp3) is 1.00. The van der Waals surface area contributed by atoms with Gasteiger partial charge in [-0.2, -0.15) is 0 Å². The molecular formula is C12H21N. The zero-order chi connectivity index (χ0) is 8.67. The van der Waals surface area contributed by atoms with Crippen molar-refractivity contribution in [2.75, 3.05) is 6.54 Å². The van der Waals surface area contributed by atoms with E-state index in [2.05, 4.69) is 5.32 Å². The first-order valence-electron chi connectivity index (χ1n) is 6.15. The zero-order valence-corrected chi connectivity index (χ0v) is 8.47. The molecule has 1 aliphatic heterocycles. The van der Waals surface area contributed by atoms with Gasteiger partial charge in [0.25, 0.3) is 0 Å². The first-order chi connectivity index (χ1) is 6.42. The number of hydrogen-bond acceptors (Lipinski definition) is 1. The fourth-order valence-electron chi connectivity index (χ4n) is 3.99. The molecule has 1 N–H and O–H groups in total. The smallest absolute Gasteiger partial charge is 0.00702 e. The SMILES string of the molecule is C1CN[C@@H](C[C@@H]2C[C@@H]3CC[C@@H]2C3)C1. The first-order valence-corrected chi connectivity index (χ1v) is 6.15. The summed E-state index contributed by atoms with van der Waals surface area (Å²) in [5.74, 6) is 3.37. The van der Waals surface area contributed by atoms with E-state index in [9.17, 15) is 0 Å². The third kappa shape index (κ3) is 1.52. The highest BCUT2D eigenvalue weighted by Crippen LogP contribution is 2.50. The third-order valence-electron chi connectivity index (χ3n) is 4.63. The molecule has 2 bridgehead atoms. The molecule has 0 unspecified atom stereocenters. The summed E-state index contributed by atoms with van der Waals surface area (Å²) in [6.07, 6.45) is 10.6. The van der Waals surface area contributed by atoms with E-state index in [0.717, 1.165) is 23.8 Å². The largest absolute Gasteiger partial charge is 0.314 e. The molecule has 13 heavy (non-hydrogen) atoms. The van der Waals surface area contributed by atoms with Gasteiger partial charge < -0.3 is 5.32 Å². The van der Waals surface area contributed by atoms with Crippen molar-refractivity contribution in [3.8, 4) is 0 Å². The van der Waals surface area contributed by atoms with Crippen molar-refractivity contribution < 1.29 is 0 Å². The summed E-state index contributed by atoms with van der Waals surface area (Å²) in [6, 6.07) is 0.893. The topological polar surface area (TPSA) is 12.0 Å². The lowest BCUT2D eigenvalue weighted by atomic mass is 9.84. The lowest BCUT2D eigenvalue weighted by molar-refractivity contribution is 0.287. The van der Waals surface area contributed by atoms with Crippen LogP contribution in [0.25, 0.3) is 0 Å². The van der Waals surface area contributed by atoms with Gasteiger partial charge in [0.15, 0.2) is 0 Å². The number of nitrogens with one attached hydrogen (secondary N) is 1. The van der Waals surface area contributed by atoms with Gasteiger partial charge in [0.1, 0.15) is 0 Å². The van der Waals surface area contributed by atoms with Crippen LogP contribution in [0.15, 0.2) is 0 Å². The van der Waals surface area contributed by atoms with Crippen molar-refractivity contribution in [2.24, 2.45) is 17.8 Å². The number of hydrogen-bond donors (Lipinski definition) is 1. The Labute approximate surface area is 81.3 Å². The predicted molar refractivity (Wildman–Crippen MR) is 54.6 cm³/mol. The molecule has 3 fully saturated rings. The van der Waals surface area contributed by atoms with Crippen LogP contribution in [0.4, 0.5) is 0 Å². The van der Waals surface area contributed by atoms with E-state index in [1.807, 2.05) is 0 Å². The third-order valence-corrected chi connectivity index (χ3v) is 4.63. The highest BCUT2D eigenvalue weighted by atomic mass is 14.9. The van der Waals surface area contributed by atoms with Crippen LogP contribution in [0.5, 0.6) is 0 Å². The van der Waals surface area contributed by atoms with Crippen LogP contribution in [-0.4, -0.2) is 12.6 Å². The van der Waals surface area contributed by atoms with Crippen LogP contribution >= 0.6 is 0 Å². The van der Waals surface area contributed by atoms with Crippen molar-refractivity contribution in [2.45, 2.75) is 51.0 Å². The van der Waals surface area contributed by atoms with Crippen molar-refractivity contribution in [3.05, 3.63) is 0 Å². The summed E-state index contributed by atoms with van der Waals surface area (Å²) in [5.41, 5.74) is 0. The molecule has 4 atom stereocenters. The summed E-state index contributed by atoms with van der Waals surface area (Å²) >= 11 is 0. The van der Waals surface area contributed by atoms with Crippen LogP contribution in [0.1, 0.15) is 44.9 Å². The number of rotatable bonds is 2. The summed E-state index contributed by atoms with van der Waals surface area (Å²) in [6.45, 7) is 1.28. The first kappa shape index (κ1) is 8.28. The Morgan fingerprint density at radius 2 is 2.08 bits per heavy atom. The summed E-state index contributed by atoms with van der Waals surface area (Å²) < 4.78 is 0. The Balaban J connectivity index is 1.55. The Morgan fingerprint density at radius 3 is 2.69 bits per heavy atom. The molecule has 3 aliphatic rings.